The lowest BCUT2D eigenvalue weighted by Crippen LogP contribution is -2.50. The van der Waals surface area contributed by atoms with Crippen molar-refractivity contribution < 1.29 is 9.53 Å². The Morgan fingerprint density at radius 1 is 1.19 bits per heavy atom. The minimum Gasteiger partial charge on any atom is -0.467 e. The third kappa shape index (κ3) is 3.77. The van der Waals surface area contributed by atoms with E-state index in [1.807, 2.05) is 0 Å². The molecule has 0 aromatic carbocycles. The van der Waals surface area contributed by atoms with Gasteiger partial charge in [0.2, 0.25) is 5.88 Å². The quantitative estimate of drug-likeness (QED) is 0.813. The van der Waals surface area contributed by atoms with Crippen LogP contribution in [0.3, 0.4) is 0 Å². The maximum absolute atomic E-state index is 12.4. The van der Waals surface area contributed by atoms with E-state index < -0.39 is 5.54 Å². The average molecular weight is 385 g/mol. The van der Waals surface area contributed by atoms with Crippen molar-refractivity contribution in [3.63, 3.8) is 0 Å². The van der Waals surface area contributed by atoms with Crippen molar-refractivity contribution in [2.24, 2.45) is 0 Å². The molecule has 27 heavy (non-hydrogen) atoms. The zero-order valence-electron chi connectivity index (χ0n) is 15.4. The van der Waals surface area contributed by atoms with Crippen LogP contribution < -0.4 is 10.1 Å². The highest BCUT2D eigenvalue weighted by atomic mass is 32.1. The zero-order chi connectivity index (χ0) is 18.7. The number of carbonyl (C=O) groups is 1. The van der Waals surface area contributed by atoms with Crippen LogP contribution in [0, 0.1) is 11.3 Å². The number of hydrogen-bond acceptors (Lipinski definition) is 6. The fraction of sp³-hybridized carbons (Fsp3) is 0.600. The average Bonchev–Trinajstić information content (AvgIpc) is 2.89. The van der Waals surface area contributed by atoms with Gasteiger partial charge in [-0.3, -0.25) is 4.79 Å². The summed E-state index contributed by atoms with van der Waals surface area (Å²) < 4.78 is 5.81. The van der Waals surface area contributed by atoms with Gasteiger partial charge >= 0.3 is 0 Å². The lowest BCUT2D eigenvalue weighted by atomic mass is 9.83. The largest absolute Gasteiger partial charge is 0.467 e. The van der Waals surface area contributed by atoms with Gasteiger partial charge in [-0.05, 0) is 44.1 Å². The van der Waals surface area contributed by atoms with Gasteiger partial charge in [0.15, 0.2) is 6.61 Å². The Bertz CT molecular complexity index is 880. The van der Waals surface area contributed by atoms with Gasteiger partial charge in [0, 0.05) is 4.88 Å². The molecule has 0 unspecified atom stereocenters. The molecule has 2 aliphatic rings. The summed E-state index contributed by atoms with van der Waals surface area (Å²) in [5.41, 5.74) is 0.559. The van der Waals surface area contributed by atoms with Crippen LogP contribution >= 0.6 is 11.3 Å². The number of amides is 1. The minimum atomic E-state index is -0.737. The van der Waals surface area contributed by atoms with E-state index in [-0.39, 0.29) is 12.5 Å². The fourth-order valence-electron chi connectivity index (χ4n) is 4.20. The smallest absolute Gasteiger partial charge is 0.259 e. The Kier molecular flexibility index (Phi) is 5.26. The molecule has 2 heterocycles. The van der Waals surface area contributed by atoms with Crippen LogP contribution in [0.2, 0.25) is 0 Å². The van der Waals surface area contributed by atoms with Crippen molar-refractivity contribution in [3.05, 3.63) is 16.8 Å². The summed E-state index contributed by atoms with van der Waals surface area (Å²) in [4.78, 5) is 23.5. The fourth-order valence-corrected chi connectivity index (χ4v) is 5.42. The molecular formula is C20H24N4O2S. The third-order valence-electron chi connectivity index (χ3n) is 5.61. The summed E-state index contributed by atoms with van der Waals surface area (Å²) in [6, 6.07) is 2.31. The predicted molar refractivity (Wildman–Crippen MR) is 104 cm³/mol. The molecule has 6 nitrogen and oxygen atoms in total. The number of rotatable bonds is 4. The molecule has 7 heteroatoms. The molecule has 0 radical (unpaired) electrons. The minimum absolute atomic E-state index is 0.125. The van der Waals surface area contributed by atoms with Crippen LogP contribution in [-0.2, 0) is 17.6 Å². The number of nitrogens with zero attached hydrogens (tertiary/aromatic N) is 3. The molecule has 0 aliphatic heterocycles. The molecule has 0 bridgehead atoms. The van der Waals surface area contributed by atoms with Crippen molar-refractivity contribution in [1.82, 2.24) is 15.3 Å². The molecule has 2 aromatic rings. The van der Waals surface area contributed by atoms with Crippen LogP contribution in [0.5, 0.6) is 5.88 Å². The highest BCUT2D eigenvalue weighted by Crippen LogP contribution is 2.38. The van der Waals surface area contributed by atoms with E-state index in [0.29, 0.717) is 18.7 Å². The van der Waals surface area contributed by atoms with Gasteiger partial charge in [0.25, 0.3) is 5.91 Å². The summed E-state index contributed by atoms with van der Waals surface area (Å²) in [6.07, 6.45) is 11.7. The first kappa shape index (κ1) is 18.2. The van der Waals surface area contributed by atoms with Crippen molar-refractivity contribution >= 4 is 27.5 Å². The molecule has 1 N–H and O–H groups in total. The maximum Gasteiger partial charge on any atom is 0.259 e. The Balaban J connectivity index is 1.50. The summed E-state index contributed by atoms with van der Waals surface area (Å²) in [7, 11) is 0. The Hall–Kier alpha value is -2.20. The lowest BCUT2D eigenvalue weighted by Gasteiger charge is -2.31. The SMILES string of the molecule is N#CC1(NC(=O)COc2ncnc3sc4c(c23)CCCCC4)CCCCC1. The number of hydrogen-bond donors (Lipinski definition) is 1. The number of fused-ring (bicyclic) bond motifs is 3. The number of aryl methyl sites for hydroxylation is 2. The van der Waals surface area contributed by atoms with E-state index in [1.54, 1.807) is 11.3 Å². The normalized spacial score (nSPS) is 18.9. The van der Waals surface area contributed by atoms with Gasteiger partial charge in [-0.15, -0.1) is 11.3 Å². The van der Waals surface area contributed by atoms with E-state index >= 15 is 0 Å². The first-order chi connectivity index (χ1) is 13.2. The van der Waals surface area contributed by atoms with Crippen molar-refractivity contribution in [2.45, 2.75) is 69.7 Å². The molecule has 1 fully saturated rings. The molecule has 2 aromatic heterocycles. The number of nitriles is 1. The van der Waals surface area contributed by atoms with Gasteiger partial charge in [0.1, 0.15) is 16.7 Å². The maximum atomic E-state index is 12.4. The van der Waals surface area contributed by atoms with E-state index in [2.05, 4.69) is 21.4 Å². The highest BCUT2D eigenvalue weighted by molar-refractivity contribution is 7.18. The number of carbonyl (C=O) groups excluding carboxylic acids is 1. The van der Waals surface area contributed by atoms with Gasteiger partial charge in [0.05, 0.1) is 11.5 Å². The molecular weight excluding hydrogens is 360 g/mol. The predicted octanol–water partition coefficient (Wildman–Crippen LogP) is 3.68. The van der Waals surface area contributed by atoms with Crippen molar-refractivity contribution in [3.8, 4) is 11.9 Å². The molecule has 2 aliphatic carbocycles. The van der Waals surface area contributed by atoms with Gasteiger partial charge in [-0.1, -0.05) is 25.7 Å². The summed E-state index contributed by atoms with van der Waals surface area (Å²) in [5.74, 6) is 0.232. The summed E-state index contributed by atoms with van der Waals surface area (Å²) in [5, 5.41) is 13.4. The topological polar surface area (TPSA) is 87.9 Å². The second-order valence-corrected chi connectivity index (χ2v) is 8.60. The lowest BCUT2D eigenvalue weighted by molar-refractivity contribution is -0.124. The standard InChI is InChI=1S/C20H24N4O2S/c21-12-20(9-5-2-6-10-20)24-16(25)11-26-18-17-14-7-3-1-4-8-15(14)27-19(17)23-13-22-18/h13H,1-11H2,(H,24,25). The summed E-state index contributed by atoms with van der Waals surface area (Å²) in [6.45, 7) is -0.125. The van der Waals surface area contributed by atoms with Crippen LogP contribution in [-0.4, -0.2) is 28.0 Å². The molecule has 0 spiro atoms. The Labute approximate surface area is 163 Å². The highest BCUT2D eigenvalue weighted by Gasteiger charge is 2.33. The zero-order valence-corrected chi connectivity index (χ0v) is 16.2. The number of thiophene rings is 1. The molecule has 1 saturated carbocycles. The molecule has 0 saturated heterocycles. The number of aromatic nitrogens is 2. The van der Waals surface area contributed by atoms with Crippen LogP contribution in [0.15, 0.2) is 6.33 Å². The Morgan fingerprint density at radius 2 is 1.96 bits per heavy atom. The van der Waals surface area contributed by atoms with Crippen molar-refractivity contribution in [1.29, 1.82) is 5.26 Å². The number of nitrogens with one attached hydrogen (secondary N) is 1. The van der Waals surface area contributed by atoms with Gasteiger partial charge in [-0.2, -0.15) is 5.26 Å². The van der Waals surface area contributed by atoms with E-state index in [0.717, 1.165) is 42.3 Å². The monoisotopic (exact) mass is 384 g/mol. The number of ether oxygens (including phenoxy) is 1. The first-order valence-electron chi connectivity index (χ1n) is 9.81. The van der Waals surface area contributed by atoms with Crippen LogP contribution in [0.25, 0.3) is 10.2 Å². The van der Waals surface area contributed by atoms with E-state index in [9.17, 15) is 10.1 Å². The molecule has 1 amide bonds. The Morgan fingerprint density at radius 3 is 2.78 bits per heavy atom. The van der Waals surface area contributed by atoms with Crippen LogP contribution in [0.4, 0.5) is 0 Å². The summed E-state index contributed by atoms with van der Waals surface area (Å²) >= 11 is 1.72. The second kappa shape index (κ2) is 7.81. The third-order valence-corrected chi connectivity index (χ3v) is 6.81. The van der Waals surface area contributed by atoms with Gasteiger partial charge < -0.3 is 10.1 Å². The molecule has 0 atom stereocenters. The second-order valence-electron chi connectivity index (χ2n) is 7.51. The molecule has 142 valence electrons. The van der Waals surface area contributed by atoms with Crippen LogP contribution in [0.1, 0.15) is 61.8 Å². The van der Waals surface area contributed by atoms with Crippen molar-refractivity contribution in [2.75, 3.05) is 6.61 Å². The first-order valence-corrected chi connectivity index (χ1v) is 10.6. The van der Waals surface area contributed by atoms with Gasteiger partial charge in [-0.25, -0.2) is 9.97 Å². The van der Waals surface area contributed by atoms with E-state index in [4.69, 9.17) is 4.74 Å². The van der Waals surface area contributed by atoms with E-state index in [1.165, 1.54) is 36.0 Å². The molecule has 4 rings (SSSR count).